The number of rotatable bonds is 8. The van der Waals surface area contributed by atoms with Gasteiger partial charge in [-0.1, -0.05) is 209 Å². The molecule has 12 aromatic rings. The van der Waals surface area contributed by atoms with Gasteiger partial charge in [0.25, 0.3) is 0 Å². The van der Waals surface area contributed by atoms with Crippen LogP contribution >= 0.6 is 22.7 Å². The summed E-state index contributed by atoms with van der Waals surface area (Å²) < 4.78 is 2.55. The number of hydrogen-bond donors (Lipinski definition) is 0. The standard InChI is InChI=1S/C68H50N4S2/c1-67(2)54-29-15-17-31-58(54)72(62-52-27-13-19-33-60(52)73-64(62)67)66-69-56(47-25-11-6-12-26-47)42-57(70-66)48-37-35-44(36-38-48)43-68(3)55-30-16-18-32-59(55)71(63-53-28-14-20-34-61(53)74-65(63)68)51-40-49(45-21-7-4-8-22-45)39-50(41-51)46-23-9-5-10-24-46/h4-42H,43H2,1-3H3. The van der Waals surface area contributed by atoms with E-state index in [0.29, 0.717) is 5.95 Å². The lowest BCUT2D eigenvalue weighted by Crippen LogP contribution is -2.33. The van der Waals surface area contributed by atoms with Crippen molar-refractivity contribution in [2.24, 2.45) is 0 Å². The second-order valence-corrected chi connectivity index (χ2v) is 22.5. The number of hydrogen-bond acceptors (Lipinski definition) is 6. The van der Waals surface area contributed by atoms with E-state index < -0.39 is 0 Å². The summed E-state index contributed by atoms with van der Waals surface area (Å²) in [6, 6.07) is 86.2. The number of nitrogens with zero attached hydrogens (tertiary/aromatic N) is 4. The van der Waals surface area contributed by atoms with Crippen molar-refractivity contribution >= 4 is 77.2 Å². The Morgan fingerprint density at radius 2 is 0.851 bits per heavy atom. The van der Waals surface area contributed by atoms with Gasteiger partial charge >= 0.3 is 0 Å². The third kappa shape index (κ3) is 7.15. The molecule has 2 aliphatic rings. The molecule has 6 heteroatoms. The number of thiophene rings is 2. The van der Waals surface area contributed by atoms with E-state index in [2.05, 4.69) is 267 Å². The van der Waals surface area contributed by atoms with Gasteiger partial charge in [-0.15, -0.1) is 22.7 Å². The molecule has 3 aromatic heterocycles. The highest BCUT2D eigenvalue weighted by molar-refractivity contribution is 7.20. The lowest BCUT2D eigenvalue weighted by Gasteiger charge is -2.42. The van der Waals surface area contributed by atoms with Crippen molar-refractivity contribution in [1.29, 1.82) is 0 Å². The van der Waals surface area contributed by atoms with E-state index in [9.17, 15) is 0 Å². The van der Waals surface area contributed by atoms with Crippen LogP contribution in [0.1, 0.15) is 47.2 Å². The molecule has 1 unspecified atom stereocenters. The van der Waals surface area contributed by atoms with Crippen molar-refractivity contribution in [3.8, 4) is 44.8 Å². The van der Waals surface area contributed by atoms with E-state index in [1.807, 2.05) is 22.7 Å². The quantitative estimate of drug-likeness (QED) is 0.152. The van der Waals surface area contributed by atoms with E-state index in [1.165, 1.54) is 85.9 Å². The van der Waals surface area contributed by atoms with Gasteiger partial charge < -0.3 is 4.90 Å². The molecule has 0 N–H and O–H groups in total. The predicted octanol–water partition coefficient (Wildman–Crippen LogP) is 19.0. The van der Waals surface area contributed by atoms with Gasteiger partial charge in [0.1, 0.15) is 0 Å². The molecule has 0 radical (unpaired) electrons. The van der Waals surface area contributed by atoms with Crippen LogP contribution in [0.3, 0.4) is 0 Å². The monoisotopic (exact) mass is 986 g/mol. The molecule has 0 spiro atoms. The molecule has 0 saturated carbocycles. The second-order valence-electron chi connectivity index (χ2n) is 20.4. The second kappa shape index (κ2) is 17.4. The maximum Gasteiger partial charge on any atom is 0.235 e. The first-order chi connectivity index (χ1) is 36.3. The molecule has 74 heavy (non-hydrogen) atoms. The van der Waals surface area contributed by atoms with Crippen molar-refractivity contribution in [3.63, 3.8) is 0 Å². The van der Waals surface area contributed by atoms with Crippen molar-refractivity contribution in [2.45, 2.75) is 38.0 Å². The fourth-order valence-electron chi connectivity index (χ4n) is 11.8. The van der Waals surface area contributed by atoms with Gasteiger partial charge in [-0.2, -0.15) is 0 Å². The highest BCUT2D eigenvalue weighted by atomic mass is 32.1. The molecule has 354 valence electrons. The lowest BCUT2D eigenvalue weighted by molar-refractivity contribution is 0.574. The summed E-state index contributed by atoms with van der Waals surface area (Å²) in [5.74, 6) is 0.663. The number of benzene rings is 9. The zero-order valence-corrected chi connectivity index (χ0v) is 43.0. The minimum Gasteiger partial charge on any atom is -0.308 e. The Balaban J connectivity index is 0.890. The molecular formula is C68H50N4S2. The van der Waals surface area contributed by atoms with Crippen LogP contribution in [0.2, 0.25) is 0 Å². The maximum atomic E-state index is 5.53. The van der Waals surface area contributed by atoms with Crippen LogP contribution in [0.15, 0.2) is 237 Å². The van der Waals surface area contributed by atoms with Crippen LogP contribution < -0.4 is 9.80 Å². The summed E-state index contributed by atoms with van der Waals surface area (Å²) in [6.07, 6.45) is 0.815. The molecule has 4 nitrogen and oxygen atoms in total. The van der Waals surface area contributed by atoms with Gasteiger partial charge in [0.2, 0.25) is 5.95 Å². The van der Waals surface area contributed by atoms with E-state index in [4.69, 9.17) is 9.97 Å². The molecular weight excluding hydrogens is 937 g/mol. The van der Waals surface area contributed by atoms with Gasteiger partial charge in [0.15, 0.2) is 0 Å². The van der Waals surface area contributed by atoms with Crippen LogP contribution in [0.5, 0.6) is 0 Å². The number of anilines is 6. The SMILES string of the molecule is CC1(C)c2ccccc2N(c2nc(-c3ccccc3)cc(-c3ccc(CC4(C)c5ccccc5N(c5cc(-c6ccccc6)cc(-c6ccccc6)c5)c5c4sc4ccccc54)cc3)n2)c2c1sc1ccccc21. The molecule has 0 fully saturated rings. The highest BCUT2D eigenvalue weighted by Gasteiger charge is 2.44. The summed E-state index contributed by atoms with van der Waals surface area (Å²) in [4.78, 5) is 18.5. The lowest BCUT2D eigenvalue weighted by atomic mass is 9.72. The molecule has 0 bridgehead atoms. The van der Waals surface area contributed by atoms with Crippen LogP contribution in [0, 0.1) is 0 Å². The summed E-state index contributed by atoms with van der Waals surface area (Å²) in [7, 11) is 0. The van der Waals surface area contributed by atoms with E-state index in [0.717, 1.165) is 40.3 Å². The molecule has 9 aromatic carbocycles. The minimum absolute atomic E-state index is 0.203. The third-order valence-electron chi connectivity index (χ3n) is 15.4. The van der Waals surface area contributed by atoms with Gasteiger partial charge in [0, 0.05) is 57.6 Å². The zero-order chi connectivity index (χ0) is 49.5. The number of aromatic nitrogens is 2. The first-order valence-corrected chi connectivity index (χ1v) is 27.1. The minimum atomic E-state index is -0.341. The summed E-state index contributed by atoms with van der Waals surface area (Å²) in [5, 5.41) is 2.49. The third-order valence-corrected chi connectivity index (χ3v) is 18.3. The average Bonchev–Trinajstić information content (AvgIpc) is 4.14. The Bertz CT molecular complexity index is 4050. The zero-order valence-electron chi connectivity index (χ0n) is 41.3. The van der Waals surface area contributed by atoms with Gasteiger partial charge in [0.05, 0.1) is 34.1 Å². The fraction of sp³-hybridized carbons (Fsp3) is 0.0882. The molecule has 0 amide bonds. The van der Waals surface area contributed by atoms with Gasteiger partial charge in [-0.05, 0) is 93.9 Å². The highest BCUT2D eigenvalue weighted by Crippen LogP contribution is 2.60. The summed E-state index contributed by atoms with van der Waals surface area (Å²) >= 11 is 3.81. The molecule has 2 aliphatic heterocycles. The van der Waals surface area contributed by atoms with E-state index >= 15 is 0 Å². The van der Waals surface area contributed by atoms with Crippen molar-refractivity contribution < 1.29 is 0 Å². The molecule has 0 aliphatic carbocycles. The Kier molecular flexibility index (Phi) is 10.4. The van der Waals surface area contributed by atoms with Crippen molar-refractivity contribution in [3.05, 3.63) is 263 Å². The first kappa shape index (κ1) is 44.3. The van der Waals surface area contributed by atoms with Crippen LogP contribution in [0.25, 0.3) is 64.9 Å². The molecule has 1 atom stereocenters. The molecule has 5 heterocycles. The Labute approximate surface area is 440 Å². The van der Waals surface area contributed by atoms with E-state index in [1.54, 1.807) is 0 Å². The number of para-hydroxylation sites is 2. The van der Waals surface area contributed by atoms with E-state index in [-0.39, 0.29) is 10.8 Å². The van der Waals surface area contributed by atoms with Gasteiger partial charge in [-0.3, -0.25) is 4.90 Å². The van der Waals surface area contributed by atoms with Crippen LogP contribution in [-0.4, -0.2) is 9.97 Å². The normalized spacial score (nSPS) is 15.4. The Hall–Kier alpha value is -8.42. The molecule has 14 rings (SSSR count). The largest absolute Gasteiger partial charge is 0.308 e. The maximum absolute atomic E-state index is 5.53. The number of fused-ring (bicyclic) bond motifs is 8. The van der Waals surface area contributed by atoms with Crippen LogP contribution in [0.4, 0.5) is 34.4 Å². The molecule has 0 saturated heterocycles. The topological polar surface area (TPSA) is 32.3 Å². The first-order valence-electron chi connectivity index (χ1n) is 25.4. The van der Waals surface area contributed by atoms with Crippen LogP contribution in [-0.2, 0) is 17.3 Å². The van der Waals surface area contributed by atoms with Crippen molar-refractivity contribution in [1.82, 2.24) is 9.97 Å². The summed E-state index contributed by atoms with van der Waals surface area (Å²) in [5.41, 5.74) is 17.8. The predicted molar refractivity (Wildman–Crippen MR) is 313 cm³/mol. The Morgan fingerprint density at radius 3 is 1.45 bits per heavy atom. The Morgan fingerprint density at radius 1 is 0.392 bits per heavy atom. The summed E-state index contributed by atoms with van der Waals surface area (Å²) in [6.45, 7) is 7.16. The van der Waals surface area contributed by atoms with Crippen molar-refractivity contribution in [2.75, 3.05) is 9.80 Å². The smallest absolute Gasteiger partial charge is 0.235 e. The van der Waals surface area contributed by atoms with Gasteiger partial charge in [-0.25, -0.2) is 9.97 Å². The average molecular weight is 987 g/mol. The fourth-order valence-corrected chi connectivity index (χ4v) is 14.4.